The maximum atomic E-state index is 14.7. The fraction of sp³-hybridized carbons (Fsp3) is 0.353. The van der Waals surface area contributed by atoms with Crippen molar-refractivity contribution >= 4 is 27.5 Å². The van der Waals surface area contributed by atoms with Crippen molar-refractivity contribution in [3.63, 3.8) is 0 Å². The number of anilines is 1. The van der Waals surface area contributed by atoms with E-state index in [4.69, 9.17) is 4.74 Å². The number of nitrogens with zero attached hydrogens (tertiary/aromatic N) is 2. The largest absolute Gasteiger partial charge is 0.496 e. The maximum absolute atomic E-state index is 14.7. The fourth-order valence-electron chi connectivity index (χ4n) is 2.95. The van der Waals surface area contributed by atoms with Gasteiger partial charge in [-0.3, -0.25) is 9.59 Å². The van der Waals surface area contributed by atoms with Crippen LogP contribution in [-0.2, 0) is 16.9 Å². The molecular formula is C17H19FN4O5S. The number of carbonyl (C=O) groups is 2. The zero-order chi connectivity index (χ0) is 20.5. The number of aryl methyl sites for hydroxylation is 1. The van der Waals surface area contributed by atoms with Crippen LogP contribution in [0.4, 0.5) is 10.2 Å². The first-order chi connectivity index (χ1) is 13.2. The van der Waals surface area contributed by atoms with Gasteiger partial charge in [-0.05, 0) is 18.6 Å². The van der Waals surface area contributed by atoms with E-state index in [1.54, 1.807) is 18.2 Å². The predicted molar refractivity (Wildman–Crippen MR) is 98.6 cm³/mol. The van der Waals surface area contributed by atoms with Gasteiger partial charge in [-0.1, -0.05) is 12.1 Å². The van der Waals surface area contributed by atoms with Crippen molar-refractivity contribution in [3.05, 3.63) is 41.3 Å². The standard InChI is InChI=1S/C17H19FN4O5S/c1-22-15(20-16(23)11-5-3-4-6-12(11)27-2)13(18)14(21-22)17(24)19-10-7-8-28(25,26)9-10/h3-6,10H,7-9H2,1-2H3,(H,19,24)(H,20,23). The number of aromatic nitrogens is 2. The van der Waals surface area contributed by atoms with Crippen LogP contribution in [0, 0.1) is 5.82 Å². The molecule has 150 valence electrons. The van der Waals surface area contributed by atoms with Crippen LogP contribution in [0.3, 0.4) is 0 Å². The molecule has 0 bridgehead atoms. The second-order valence-electron chi connectivity index (χ2n) is 6.36. The molecule has 0 saturated carbocycles. The number of halogens is 1. The molecule has 0 spiro atoms. The number of sulfone groups is 1. The summed E-state index contributed by atoms with van der Waals surface area (Å²) in [4.78, 5) is 24.8. The quantitative estimate of drug-likeness (QED) is 0.750. The Balaban J connectivity index is 1.78. The number of rotatable bonds is 5. The minimum absolute atomic E-state index is 0.0249. The number of amides is 2. The number of methoxy groups -OCH3 is 1. The zero-order valence-electron chi connectivity index (χ0n) is 15.2. The molecule has 1 aliphatic rings. The van der Waals surface area contributed by atoms with Crippen LogP contribution in [-0.4, -0.2) is 54.7 Å². The molecule has 3 rings (SSSR count). The lowest BCUT2D eigenvalue weighted by molar-refractivity contribution is 0.0930. The average molecular weight is 410 g/mol. The van der Waals surface area contributed by atoms with Gasteiger partial charge in [-0.25, -0.2) is 17.5 Å². The third kappa shape index (κ3) is 3.98. The van der Waals surface area contributed by atoms with Crippen LogP contribution in [0.2, 0.25) is 0 Å². The van der Waals surface area contributed by atoms with Gasteiger partial charge in [-0.2, -0.15) is 5.10 Å². The molecule has 28 heavy (non-hydrogen) atoms. The number of hydrogen-bond donors (Lipinski definition) is 2. The summed E-state index contributed by atoms with van der Waals surface area (Å²) in [6, 6.07) is 5.82. The smallest absolute Gasteiger partial charge is 0.275 e. The number of benzene rings is 1. The predicted octanol–water partition coefficient (Wildman–Crippen LogP) is 0.737. The second kappa shape index (κ2) is 7.58. The van der Waals surface area contributed by atoms with Crippen molar-refractivity contribution in [2.24, 2.45) is 7.05 Å². The van der Waals surface area contributed by atoms with Crippen molar-refractivity contribution in [3.8, 4) is 5.75 Å². The van der Waals surface area contributed by atoms with Gasteiger partial charge in [0.05, 0.1) is 24.2 Å². The molecule has 11 heteroatoms. The summed E-state index contributed by atoms with van der Waals surface area (Å²) in [6.45, 7) is 0. The Bertz CT molecular complexity index is 1030. The summed E-state index contributed by atoms with van der Waals surface area (Å²) < 4.78 is 43.8. The topological polar surface area (TPSA) is 119 Å². The number of hydrogen-bond acceptors (Lipinski definition) is 6. The number of nitrogens with one attached hydrogen (secondary N) is 2. The maximum Gasteiger partial charge on any atom is 0.275 e. The Kier molecular flexibility index (Phi) is 5.36. The lowest BCUT2D eigenvalue weighted by atomic mass is 10.2. The Morgan fingerprint density at radius 1 is 1.29 bits per heavy atom. The summed E-state index contributed by atoms with van der Waals surface area (Å²) in [5.74, 6) is -2.68. The van der Waals surface area contributed by atoms with E-state index in [1.807, 2.05) is 0 Å². The minimum Gasteiger partial charge on any atom is -0.496 e. The highest BCUT2D eigenvalue weighted by Crippen LogP contribution is 2.22. The SMILES string of the molecule is COc1ccccc1C(=O)Nc1c(F)c(C(=O)NC2CCS(=O)(=O)C2)nn1C. The van der Waals surface area contributed by atoms with Gasteiger partial charge in [0.1, 0.15) is 5.75 Å². The molecule has 0 aliphatic carbocycles. The van der Waals surface area contributed by atoms with Crippen molar-refractivity contribution < 1.29 is 27.1 Å². The van der Waals surface area contributed by atoms with Gasteiger partial charge in [0, 0.05) is 13.1 Å². The van der Waals surface area contributed by atoms with Gasteiger partial charge in [0.2, 0.25) is 0 Å². The highest BCUT2D eigenvalue weighted by Gasteiger charge is 2.31. The molecule has 1 unspecified atom stereocenters. The molecule has 1 fully saturated rings. The Morgan fingerprint density at radius 2 is 2.00 bits per heavy atom. The van der Waals surface area contributed by atoms with Crippen molar-refractivity contribution in [2.45, 2.75) is 12.5 Å². The van der Waals surface area contributed by atoms with Gasteiger partial charge in [0.15, 0.2) is 27.2 Å². The fourth-order valence-corrected chi connectivity index (χ4v) is 4.62. The van der Waals surface area contributed by atoms with E-state index in [0.29, 0.717) is 5.75 Å². The molecule has 9 nitrogen and oxygen atoms in total. The molecule has 1 aromatic carbocycles. The molecular weight excluding hydrogens is 391 g/mol. The van der Waals surface area contributed by atoms with Crippen LogP contribution in [0.15, 0.2) is 24.3 Å². The van der Waals surface area contributed by atoms with Crippen LogP contribution in [0.5, 0.6) is 5.75 Å². The first-order valence-electron chi connectivity index (χ1n) is 8.40. The van der Waals surface area contributed by atoms with E-state index < -0.39 is 39.2 Å². The van der Waals surface area contributed by atoms with Crippen molar-refractivity contribution in [1.82, 2.24) is 15.1 Å². The zero-order valence-corrected chi connectivity index (χ0v) is 16.0. The van der Waals surface area contributed by atoms with Crippen molar-refractivity contribution in [2.75, 3.05) is 23.9 Å². The lowest BCUT2D eigenvalue weighted by Crippen LogP contribution is -2.36. The molecule has 0 radical (unpaired) electrons. The van der Waals surface area contributed by atoms with Gasteiger partial charge < -0.3 is 15.4 Å². The molecule has 1 aliphatic heterocycles. The summed E-state index contributed by atoms with van der Waals surface area (Å²) in [6.07, 6.45) is 0.264. The summed E-state index contributed by atoms with van der Waals surface area (Å²) >= 11 is 0. The molecule has 1 aromatic heterocycles. The van der Waals surface area contributed by atoms with Crippen molar-refractivity contribution in [1.29, 1.82) is 0 Å². The lowest BCUT2D eigenvalue weighted by Gasteiger charge is -2.09. The van der Waals surface area contributed by atoms with E-state index in [0.717, 1.165) is 4.68 Å². The number of carbonyl (C=O) groups excluding carboxylic acids is 2. The molecule has 2 heterocycles. The van der Waals surface area contributed by atoms with Gasteiger partial charge in [0.25, 0.3) is 11.8 Å². The second-order valence-corrected chi connectivity index (χ2v) is 8.59. The third-order valence-electron chi connectivity index (χ3n) is 4.36. The van der Waals surface area contributed by atoms with Crippen LogP contribution in [0.25, 0.3) is 0 Å². The van der Waals surface area contributed by atoms with E-state index in [2.05, 4.69) is 15.7 Å². The van der Waals surface area contributed by atoms with E-state index in [1.165, 1.54) is 20.2 Å². The van der Waals surface area contributed by atoms with E-state index in [9.17, 15) is 22.4 Å². The van der Waals surface area contributed by atoms with Crippen LogP contribution < -0.4 is 15.4 Å². The monoisotopic (exact) mass is 410 g/mol. The molecule has 1 atom stereocenters. The average Bonchev–Trinajstić information content (AvgIpc) is 3.14. The minimum atomic E-state index is -3.19. The van der Waals surface area contributed by atoms with Gasteiger partial charge in [-0.15, -0.1) is 0 Å². The molecule has 2 N–H and O–H groups in total. The van der Waals surface area contributed by atoms with Crippen LogP contribution in [0.1, 0.15) is 27.3 Å². The number of ether oxygens (including phenoxy) is 1. The Morgan fingerprint density at radius 3 is 2.64 bits per heavy atom. The summed E-state index contributed by atoms with van der Waals surface area (Å²) in [7, 11) is -0.415. The highest BCUT2D eigenvalue weighted by atomic mass is 32.2. The molecule has 2 aromatic rings. The van der Waals surface area contributed by atoms with Gasteiger partial charge >= 0.3 is 0 Å². The number of para-hydroxylation sites is 1. The van der Waals surface area contributed by atoms with Crippen LogP contribution >= 0.6 is 0 Å². The third-order valence-corrected chi connectivity index (χ3v) is 6.12. The molecule has 1 saturated heterocycles. The highest BCUT2D eigenvalue weighted by molar-refractivity contribution is 7.91. The Labute approximate surface area is 160 Å². The first-order valence-corrected chi connectivity index (χ1v) is 10.2. The Hall–Kier alpha value is -2.95. The molecule has 2 amide bonds. The summed E-state index contributed by atoms with van der Waals surface area (Å²) in [5, 5.41) is 8.66. The first kappa shape index (κ1) is 19.8. The van der Waals surface area contributed by atoms with E-state index in [-0.39, 0.29) is 29.3 Å². The van der Waals surface area contributed by atoms with E-state index >= 15 is 0 Å². The normalized spacial score (nSPS) is 17.9. The summed E-state index contributed by atoms with van der Waals surface area (Å²) in [5.41, 5.74) is -0.338.